The average molecular weight is 401 g/mol. The maximum absolute atomic E-state index is 10.3. The van der Waals surface area contributed by atoms with Gasteiger partial charge in [-0.2, -0.15) is 0 Å². The van der Waals surface area contributed by atoms with E-state index in [1.54, 1.807) is 0 Å². The lowest BCUT2D eigenvalue weighted by Gasteiger charge is -2.15. The number of benzene rings is 1. The van der Waals surface area contributed by atoms with Crippen LogP contribution in [0.15, 0.2) is 23.8 Å². The van der Waals surface area contributed by atoms with Crippen molar-refractivity contribution in [1.29, 1.82) is 0 Å². The molecule has 1 aromatic rings. The number of aryl methyl sites for hydroxylation is 1. The van der Waals surface area contributed by atoms with Crippen molar-refractivity contribution in [3.05, 3.63) is 40.5 Å². The lowest BCUT2D eigenvalue weighted by Crippen LogP contribution is -2.00. The third kappa shape index (κ3) is 10.9. The van der Waals surface area contributed by atoms with Crippen molar-refractivity contribution in [2.24, 2.45) is 17.8 Å². The number of hydrogen-bond donors (Lipinski definition) is 1. The van der Waals surface area contributed by atoms with Gasteiger partial charge in [-0.15, -0.1) is 0 Å². The van der Waals surface area contributed by atoms with E-state index in [1.807, 2.05) is 6.92 Å². The number of aromatic hydroxyl groups is 1. The molecule has 0 amide bonds. The topological polar surface area (TPSA) is 20.2 Å². The molecule has 0 aliphatic heterocycles. The van der Waals surface area contributed by atoms with Gasteiger partial charge >= 0.3 is 0 Å². The molecule has 0 fully saturated rings. The summed E-state index contributed by atoms with van der Waals surface area (Å²) in [6, 6.07) is 4.17. The van der Waals surface area contributed by atoms with Crippen LogP contribution < -0.4 is 0 Å². The highest BCUT2D eigenvalue weighted by Gasteiger charge is 2.08. The second-order valence-corrected chi connectivity index (χ2v) is 10.1. The molecule has 0 unspecified atom stereocenters. The summed E-state index contributed by atoms with van der Waals surface area (Å²) in [6.07, 6.45) is 15.3. The number of allylic oxidation sites excluding steroid dienone is 2. The lowest BCUT2D eigenvalue weighted by atomic mass is 9.91. The van der Waals surface area contributed by atoms with Crippen LogP contribution in [-0.4, -0.2) is 5.11 Å². The first-order valence-corrected chi connectivity index (χ1v) is 12.1. The molecule has 166 valence electrons. The fraction of sp³-hybridized carbons (Fsp3) is 0.714. The summed E-state index contributed by atoms with van der Waals surface area (Å²) in [5.74, 6) is 3.06. The van der Waals surface area contributed by atoms with Crippen molar-refractivity contribution in [1.82, 2.24) is 0 Å². The number of rotatable bonds is 14. The molecule has 1 aromatic carbocycles. The first kappa shape index (κ1) is 25.8. The van der Waals surface area contributed by atoms with Crippen molar-refractivity contribution in [3.63, 3.8) is 0 Å². The fourth-order valence-electron chi connectivity index (χ4n) is 4.12. The molecule has 1 rings (SSSR count). The SMILES string of the molecule is C/C(=C\Cc1ccc(C)c(C)c1O)CCC[C@H](C)CCC[C@H](C)CCCC(C)C. The molecule has 1 heteroatoms. The molecule has 0 saturated heterocycles. The largest absolute Gasteiger partial charge is 0.507 e. The Balaban J connectivity index is 2.20. The quantitative estimate of drug-likeness (QED) is 0.309. The summed E-state index contributed by atoms with van der Waals surface area (Å²) in [4.78, 5) is 0. The smallest absolute Gasteiger partial charge is 0.122 e. The molecular formula is C28H48O. The molecule has 0 saturated carbocycles. The maximum Gasteiger partial charge on any atom is 0.122 e. The van der Waals surface area contributed by atoms with E-state index in [0.717, 1.165) is 40.9 Å². The van der Waals surface area contributed by atoms with Crippen LogP contribution in [-0.2, 0) is 6.42 Å². The van der Waals surface area contributed by atoms with Gasteiger partial charge in [0, 0.05) is 0 Å². The zero-order chi connectivity index (χ0) is 21.8. The van der Waals surface area contributed by atoms with E-state index >= 15 is 0 Å². The second kappa shape index (κ2) is 13.9. The Hall–Kier alpha value is -1.24. The molecule has 0 spiro atoms. The molecule has 29 heavy (non-hydrogen) atoms. The molecule has 0 aliphatic rings. The Morgan fingerprint density at radius 2 is 1.41 bits per heavy atom. The monoisotopic (exact) mass is 400 g/mol. The minimum atomic E-state index is 0.473. The van der Waals surface area contributed by atoms with Crippen LogP contribution in [0.5, 0.6) is 5.75 Å². The van der Waals surface area contributed by atoms with Gasteiger partial charge in [0.15, 0.2) is 0 Å². The first-order valence-electron chi connectivity index (χ1n) is 12.1. The van der Waals surface area contributed by atoms with E-state index in [4.69, 9.17) is 0 Å². The minimum Gasteiger partial charge on any atom is -0.507 e. The van der Waals surface area contributed by atoms with Crippen LogP contribution in [0.1, 0.15) is 109 Å². The van der Waals surface area contributed by atoms with Crippen molar-refractivity contribution < 1.29 is 5.11 Å². The third-order valence-corrected chi connectivity index (χ3v) is 6.60. The molecule has 0 aromatic heterocycles. The Labute approximate surface area is 182 Å². The van der Waals surface area contributed by atoms with Crippen molar-refractivity contribution in [2.45, 2.75) is 113 Å². The third-order valence-electron chi connectivity index (χ3n) is 6.60. The molecular weight excluding hydrogens is 352 g/mol. The standard InChI is InChI=1S/C28H48O/c1-21(2)11-8-12-22(3)13-9-14-23(4)15-10-16-24(5)17-19-27-20-18-25(6)26(7)28(27)29/h17-18,20-23,29H,8-16,19H2,1-7H3/b24-17+/t22-,23-/m1/s1. The molecule has 0 radical (unpaired) electrons. The number of phenols is 1. The highest BCUT2D eigenvalue weighted by Crippen LogP contribution is 2.26. The number of phenolic OH excluding ortho intramolecular Hbond substituents is 1. The van der Waals surface area contributed by atoms with Gasteiger partial charge in [-0.3, -0.25) is 0 Å². The zero-order valence-electron chi connectivity index (χ0n) is 20.5. The molecule has 1 N–H and O–H groups in total. The van der Waals surface area contributed by atoms with Gasteiger partial charge in [0.1, 0.15) is 5.75 Å². The van der Waals surface area contributed by atoms with Gasteiger partial charge in [-0.1, -0.05) is 96.4 Å². The molecule has 0 aliphatic carbocycles. The predicted molar refractivity (Wildman–Crippen MR) is 130 cm³/mol. The summed E-state index contributed by atoms with van der Waals surface area (Å²) in [5.41, 5.74) is 4.67. The summed E-state index contributed by atoms with van der Waals surface area (Å²) in [6.45, 7) is 15.8. The van der Waals surface area contributed by atoms with Crippen molar-refractivity contribution in [3.8, 4) is 5.75 Å². The predicted octanol–water partition coefficient (Wildman–Crippen LogP) is 8.94. The van der Waals surface area contributed by atoms with Crippen LogP contribution in [0.4, 0.5) is 0 Å². The van der Waals surface area contributed by atoms with E-state index in [0.29, 0.717) is 5.75 Å². The average Bonchev–Trinajstić information content (AvgIpc) is 2.65. The van der Waals surface area contributed by atoms with Crippen LogP contribution in [0, 0.1) is 31.6 Å². The lowest BCUT2D eigenvalue weighted by molar-refractivity contribution is 0.389. The summed E-state index contributed by atoms with van der Waals surface area (Å²) in [5, 5.41) is 10.3. The molecule has 0 bridgehead atoms. The zero-order valence-corrected chi connectivity index (χ0v) is 20.5. The fourth-order valence-corrected chi connectivity index (χ4v) is 4.12. The van der Waals surface area contributed by atoms with Crippen LogP contribution in [0.2, 0.25) is 0 Å². The summed E-state index contributed by atoms with van der Waals surface area (Å²) < 4.78 is 0. The number of hydrogen-bond acceptors (Lipinski definition) is 1. The van der Waals surface area contributed by atoms with Gasteiger partial charge in [-0.05, 0) is 74.5 Å². The Morgan fingerprint density at radius 1 is 0.862 bits per heavy atom. The van der Waals surface area contributed by atoms with Crippen LogP contribution in [0.3, 0.4) is 0 Å². The summed E-state index contributed by atoms with van der Waals surface area (Å²) >= 11 is 0. The van der Waals surface area contributed by atoms with Gasteiger partial charge in [0.25, 0.3) is 0 Å². The minimum absolute atomic E-state index is 0.473. The van der Waals surface area contributed by atoms with Gasteiger partial charge in [0.2, 0.25) is 0 Å². The highest BCUT2D eigenvalue weighted by molar-refractivity contribution is 5.45. The van der Waals surface area contributed by atoms with Crippen LogP contribution >= 0.6 is 0 Å². The van der Waals surface area contributed by atoms with Crippen LogP contribution in [0.25, 0.3) is 0 Å². The molecule has 2 atom stereocenters. The molecule has 1 nitrogen and oxygen atoms in total. The van der Waals surface area contributed by atoms with E-state index in [-0.39, 0.29) is 0 Å². The van der Waals surface area contributed by atoms with E-state index < -0.39 is 0 Å². The first-order chi connectivity index (χ1) is 13.7. The van der Waals surface area contributed by atoms with Gasteiger partial charge in [0.05, 0.1) is 0 Å². The Kier molecular flexibility index (Phi) is 12.4. The Bertz CT molecular complexity index is 611. The van der Waals surface area contributed by atoms with Gasteiger partial charge in [-0.25, -0.2) is 0 Å². The van der Waals surface area contributed by atoms with Crippen molar-refractivity contribution in [2.75, 3.05) is 0 Å². The second-order valence-electron chi connectivity index (χ2n) is 10.1. The maximum atomic E-state index is 10.3. The highest BCUT2D eigenvalue weighted by atomic mass is 16.3. The van der Waals surface area contributed by atoms with E-state index in [9.17, 15) is 5.11 Å². The van der Waals surface area contributed by atoms with E-state index in [2.05, 4.69) is 59.8 Å². The van der Waals surface area contributed by atoms with E-state index in [1.165, 1.54) is 63.4 Å². The normalized spacial score (nSPS) is 14.4. The summed E-state index contributed by atoms with van der Waals surface area (Å²) in [7, 11) is 0. The molecule has 0 heterocycles. The Morgan fingerprint density at radius 3 is 2.00 bits per heavy atom. The van der Waals surface area contributed by atoms with Gasteiger partial charge < -0.3 is 5.11 Å². The van der Waals surface area contributed by atoms with Crippen molar-refractivity contribution >= 4 is 0 Å².